The topological polar surface area (TPSA) is 76.9 Å². The zero-order valence-electron chi connectivity index (χ0n) is 18.4. The molecule has 3 saturated heterocycles. The van der Waals surface area contributed by atoms with Gasteiger partial charge in [-0.25, -0.2) is 4.68 Å². The number of rotatable bonds is 4. The summed E-state index contributed by atoms with van der Waals surface area (Å²) < 4.78 is 13.2. The Morgan fingerprint density at radius 1 is 1.29 bits per heavy atom. The number of amides is 2. The van der Waals surface area contributed by atoms with Crippen molar-refractivity contribution >= 4 is 11.8 Å². The lowest BCUT2D eigenvalue weighted by Crippen LogP contribution is -2.51. The summed E-state index contributed by atoms with van der Waals surface area (Å²) in [6, 6.07) is 7.37. The molecule has 0 N–H and O–H groups in total. The van der Waals surface area contributed by atoms with Crippen molar-refractivity contribution in [2.75, 3.05) is 20.3 Å². The third-order valence-electron chi connectivity index (χ3n) is 7.08. The number of carbonyl (C=O) groups is 2. The second kappa shape index (κ2) is 7.09. The first kappa shape index (κ1) is 20.1. The molecule has 0 radical (unpaired) electrons. The number of benzene rings is 1. The smallest absolute Gasteiger partial charge is 0.257 e. The van der Waals surface area contributed by atoms with Crippen LogP contribution >= 0.6 is 0 Å². The van der Waals surface area contributed by atoms with E-state index in [0.717, 1.165) is 17.1 Å². The van der Waals surface area contributed by atoms with Gasteiger partial charge in [0.05, 0.1) is 55.4 Å². The van der Waals surface area contributed by atoms with E-state index in [-0.39, 0.29) is 23.9 Å². The molecule has 2 amide bonds. The number of hydrogen-bond acceptors (Lipinski definition) is 5. The van der Waals surface area contributed by atoms with Gasteiger partial charge in [-0.15, -0.1) is 0 Å². The molecule has 3 fully saturated rings. The van der Waals surface area contributed by atoms with Gasteiger partial charge in [0.2, 0.25) is 5.91 Å². The van der Waals surface area contributed by atoms with Crippen LogP contribution in [0.25, 0.3) is 5.69 Å². The van der Waals surface area contributed by atoms with E-state index in [9.17, 15) is 9.59 Å². The van der Waals surface area contributed by atoms with Gasteiger partial charge in [0, 0.05) is 13.0 Å². The Kier molecular flexibility index (Phi) is 4.58. The van der Waals surface area contributed by atoms with Crippen LogP contribution in [0.2, 0.25) is 0 Å². The number of hydrogen-bond donors (Lipinski definition) is 0. The summed E-state index contributed by atoms with van der Waals surface area (Å²) in [5, 5.41) is 4.45. The van der Waals surface area contributed by atoms with E-state index in [0.29, 0.717) is 37.5 Å². The highest BCUT2D eigenvalue weighted by Gasteiger charge is 2.65. The Bertz CT molecular complexity index is 1030. The third-order valence-corrected chi connectivity index (χ3v) is 7.08. The van der Waals surface area contributed by atoms with Gasteiger partial charge in [-0.3, -0.25) is 9.59 Å². The molecule has 8 heteroatoms. The summed E-state index contributed by atoms with van der Waals surface area (Å²) in [6.45, 7) is 7.23. The van der Waals surface area contributed by atoms with Crippen LogP contribution in [-0.2, 0) is 9.53 Å². The molecule has 5 rings (SSSR count). The Morgan fingerprint density at radius 2 is 2.03 bits per heavy atom. The number of nitrogens with zero attached hydrogens (tertiary/aromatic N) is 4. The van der Waals surface area contributed by atoms with Crippen LogP contribution in [0.1, 0.15) is 42.7 Å². The van der Waals surface area contributed by atoms with Crippen LogP contribution in [0.5, 0.6) is 5.75 Å². The van der Waals surface area contributed by atoms with E-state index >= 15 is 0 Å². The summed E-state index contributed by atoms with van der Waals surface area (Å²) in [6.07, 6.45) is 2.60. The van der Waals surface area contributed by atoms with Crippen molar-refractivity contribution in [1.82, 2.24) is 19.6 Å². The van der Waals surface area contributed by atoms with E-state index in [2.05, 4.69) is 18.9 Å². The monoisotopic (exact) mass is 424 g/mol. The average Bonchev–Trinajstić information content (AvgIpc) is 3.48. The number of methoxy groups -OCH3 is 1. The molecule has 1 aromatic carbocycles. The summed E-state index contributed by atoms with van der Waals surface area (Å²) in [5.41, 5.74) is 1.51. The fourth-order valence-corrected chi connectivity index (χ4v) is 5.37. The van der Waals surface area contributed by atoms with Crippen LogP contribution in [0.4, 0.5) is 0 Å². The molecule has 3 atom stereocenters. The quantitative estimate of drug-likeness (QED) is 0.753. The Balaban J connectivity index is 1.42. The standard InChI is InChI=1S/C23H28N4O4/c1-14(2)19-13-31-23-9-10-25(20(23)11-21(28)26(19)23)22(29)18-12-24-27(15(18)3)16-5-7-17(30-4)8-6-16/h5-8,12,14,19-20H,9-11,13H2,1-4H3/t19-,20+,23-/m0/s1. The van der Waals surface area contributed by atoms with Crippen molar-refractivity contribution in [3.63, 3.8) is 0 Å². The van der Waals surface area contributed by atoms with Gasteiger partial charge in [0.1, 0.15) is 5.75 Å². The van der Waals surface area contributed by atoms with Crippen molar-refractivity contribution in [1.29, 1.82) is 0 Å². The SMILES string of the molecule is COc1ccc(-n2ncc(C(=O)N3CC[C@@]45OC[C@@H](C(C)C)N4C(=O)C[C@@H]35)c2C)cc1. The zero-order chi connectivity index (χ0) is 21.9. The molecule has 0 unspecified atom stereocenters. The van der Waals surface area contributed by atoms with Gasteiger partial charge in [-0.1, -0.05) is 13.8 Å². The molecule has 1 spiro atoms. The first-order valence-electron chi connectivity index (χ1n) is 10.8. The Hall–Kier alpha value is -2.87. The molecule has 0 bridgehead atoms. The normalized spacial score (nSPS) is 27.2. The second-order valence-electron chi connectivity index (χ2n) is 8.95. The Labute approximate surface area is 181 Å². The zero-order valence-corrected chi connectivity index (χ0v) is 18.4. The van der Waals surface area contributed by atoms with Crippen LogP contribution in [0, 0.1) is 12.8 Å². The van der Waals surface area contributed by atoms with Crippen LogP contribution in [0.3, 0.4) is 0 Å². The molecule has 164 valence electrons. The largest absolute Gasteiger partial charge is 0.497 e. The van der Waals surface area contributed by atoms with Gasteiger partial charge in [-0.05, 0) is 37.1 Å². The predicted octanol–water partition coefficient (Wildman–Crippen LogP) is 2.39. The van der Waals surface area contributed by atoms with Gasteiger partial charge in [-0.2, -0.15) is 5.10 Å². The summed E-state index contributed by atoms with van der Waals surface area (Å²) in [5.74, 6) is 1.07. The Morgan fingerprint density at radius 3 is 2.71 bits per heavy atom. The predicted molar refractivity (Wildman–Crippen MR) is 113 cm³/mol. The van der Waals surface area contributed by atoms with E-state index in [4.69, 9.17) is 9.47 Å². The minimum absolute atomic E-state index is 0.0760. The highest BCUT2D eigenvalue weighted by atomic mass is 16.5. The summed E-state index contributed by atoms with van der Waals surface area (Å²) >= 11 is 0. The van der Waals surface area contributed by atoms with Gasteiger partial charge in [0.25, 0.3) is 5.91 Å². The van der Waals surface area contributed by atoms with Crippen molar-refractivity contribution in [2.45, 2.75) is 51.4 Å². The van der Waals surface area contributed by atoms with E-state index in [1.165, 1.54) is 0 Å². The lowest BCUT2D eigenvalue weighted by molar-refractivity contribution is -0.139. The van der Waals surface area contributed by atoms with Gasteiger partial charge in [0.15, 0.2) is 5.72 Å². The van der Waals surface area contributed by atoms with Crippen molar-refractivity contribution in [3.8, 4) is 11.4 Å². The molecule has 2 aromatic rings. The lowest BCUT2D eigenvalue weighted by atomic mass is 10.0. The molecular formula is C23H28N4O4. The molecule has 4 heterocycles. The summed E-state index contributed by atoms with van der Waals surface area (Å²) in [4.78, 5) is 30.2. The highest BCUT2D eigenvalue weighted by molar-refractivity contribution is 5.96. The maximum atomic E-state index is 13.5. The maximum absolute atomic E-state index is 13.5. The minimum Gasteiger partial charge on any atom is -0.497 e. The number of carbonyl (C=O) groups excluding carboxylic acids is 2. The second-order valence-corrected chi connectivity index (χ2v) is 8.95. The van der Waals surface area contributed by atoms with Crippen molar-refractivity contribution in [2.24, 2.45) is 5.92 Å². The molecule has 1 aromatic heterocycles. The highest BCUT2D eigenvalue weighted by Crippen LogP contribution is 2.49. The van der Waals surface area contributed by atoms with E-state index in [1.807, 2.05) is 41.0 Å². The van der Waals surface area contributed by atoms with Gasteiger partial charge >= 0.3 is 0 Å². The fraction of sp³-hybridized carbons (Fsp3) is 0.522. The van der Waals surface area contributed by atoms with Crippen molar-refractivity contribution in [3.05, 3.63) is 41.7 Å². The number of likely N-dealkylation sites (tertiary alicyclic amines) is 1. The van der Waals surface area contributed by atoms with Crippen molar-refractivity contribution < 1.29 is 19.1 Å². The lowest BCUT2D eigenvalue weighted by Gasteiger charge is -2.34. The van der Waals surface area contributed by atoms with Crippen LogP contribution in [0.15, 0.2) is 30.5 Å². The molecule has 3 aliphatic heterocycles. The molecule has 3 aliphatic rings. The maximum Gasteiger partial charge on any atom is 0.257 e. The summed E-state index contributed by atoms with van der Waals surface area (Å²) in [7, 11) is 1.63. The van der Waals surface area contributed by atoms with E-state index < -0.39 is 5.72 Å². The first-order valence-corrected chi connectivity index (χ1v) is 10.8. The minimum atomic E-state index is -0.665. The number of ether oxygens (including phenoxy) is 2. The van der Waals surface area contributed by atoms with Gasteiger partial charge < -0.3 is 19.3 Å². The average molecular weight is 425 g/mol. The van der Waals surface area contributed by atoms with Crippen LogP contribution in [-0.4, -0.2) is 69.5 Å². The first-order chi connectivity index (χ1) is 14.9. The fourth-order valence-electron chi connectivity index (χ4n) is 5.37. The molecule has 0 saturated carbocycles. The molecular weight excluding hydrogens is 396 g/mol. The third kappa shape index (κ3) is 2.81. The molecule has 8 nitrogen and oxygen atoms in total. The molecule has 0 aliphatic carbocycles. The van der Waals surface area contributed by atoms with E-state index in [1.54, 1.807) is 18.0 Å². The number of aromatic nitrogens is 2. The van der Waals surface area contributed by atoms with Crippen LogP contribution < -0.4 is 4.74 Å². The molecule has 31 heavy (non-hydrogen) atoms.